The molecule has 1 aliphatic rings. The minimum absolute atomic E-state index is 0.0279. The number of thioether (sulfide) groups is 1. The molecule has 4 rings (SSSR count). The molecule has 1 aromatic heterocycles. The Bertz CT molecular complexity index is 1180. The normalized spacial score (nSPS) is 14.2. The molecule has 1 saturated heterocycles. The fraction of sp³-hybridized carbons (Fsp3) is 0.370. The van der Waals surface area contributed by atoms with Crippen LogP contribution in [0.25, 0.3) is 11.3 Å². The number of piperidine rings is 1. The van der Waals surface area contributed by atoms with Crippen LogP contribution in [0.4, 0.5) is 10.1 Å². The Labute approximate surface area is 209 Å². The second-order valence-electron chi connectivity index (χ2n) is 9.19. The highest BCUT2D eigenvalue weighted by molar-refractivity contribution is 7.99. The maximum atomic E-state index is 13.5. The predicted octanol–water partition coefficient (Wildman–Crippen LogP) is 5.30. The minimum Gasteiger partial charge on any atom is -0.341 e. The predicted molar refractivity (Wildman–Crippen MR) is 138 cm³/mol. The van der Waals surface area contributed by atoms with E-state index in [-0.39, 0.29) is 29.9 Å². The van der Waals surface area contributed by atoms with Gasteiger partial charge in [0.2, 0.25) is 11.8 Å². The monoisotopic (exact) mass is 494 g/mol. The van der Waals surface area contributed by atoms with Gasteiger partial charge in [0.15, 0.2) is 5.16 Å². The van der Waals surface area contributed by atoms with Crippen molar-refractivity contribution >= 4 is 29.3 Å². The molecule has 184 valence electrons. The summed E-state index contributed by atoms with van der Waals surface area (Å²) in [7, 11) is 0. The SMILES string of the molecule is Cc1cccc(C)c1NC(=O)CSc1ncc(-c2ccc(F)cc2)n1CC(=O)N1CCC(C)CC1. The molecule has 35 heavy (non-hydrogen) atoms. The molecule has 1 aliphatic heterocycles. The lowest BCUT2D eigenvalue weighted by Gasteiger charge is -2.30. The number of para-hydroxylation sites is 1. The van der Waals surface area contributed by atoms with Crippen molar-refractivity contribution in [3.05, 3.63) is 65.6 Å². The van der Waals surface area contributed by atoms with Crippen LogP contribution in [0.5, 0.6) is 0 Å². The van der Waals surface area contributed by atoms with Gasteiger partial charge < -0.3 is 14.8 Å². The molecule has 0 saturated carbocycles. The van der Waals surface area contributed by atoms with Crippen LogP contribution >= 0.6 is 11.8 Å². The summed E-state index contributed by atoms with van der Waals surface area (Å²) in [6.45, 7) is 7.77. The van der Waals surface area contributed by atoms with Crippen molar-refractivity contribution in [1.82, 2.24) is 14.5 Å². The standard InChI is InChI=1S/C27H31FN4O2S/c1-18-11-13-31(14-12-18)25(34)16-32-23(21-7-9-22(28)10-8-21)15-29-27(32)35-17-24(33)30-26-19(2)5-4-6-20(26)3/h4-10,15,18H,11-14,16-17H2,1-3H3,(H,30,33). The van der Waals surface area contributed by atoms with Crippen molar-refractivity contribution in [3.8, 4) is 11.3 Å². The Balaban J connectivity index is 1.52. The average molecular weight is 495 g/mol. The van der Waals surface area contributed by atoms with E-state index < -0.39 is 0 Å². The molecule has 3 aromatic rings. The summed E-state index contributed by atoms with van der Waals surface area (Å²) in [5.41, 5.74) is 4.32. The van der Waals surface area contributed by atoms with E-state index >= 15 is 0 Å². The first-order valence-electron chi connectivity index (χ1n) is 11.9. The number of halogens is 1. The molecule has 6 nitrogen and oxygen atoms in total. The van der Waals surface area contributed by atoms with Crippen LogP contribution in [0.3, 0.4) is 0 Å². The van der Waals surface area contributed by atoms with E-state index in [4.69, 9.17) is 0 Å². The fourth-order valence-corrected chi connectivity index (χ4v) is 5.07. The summed E-state index contributed by atoms with van der Waals surface area (Å²) in [5.74, 6) is 0.352. The quantitative estimate of drug-likeness (QED) is 0.453. The van der Waals surface area contributed by atoms with Gasteiger partial charge in [-0.3, -0.25) is 9.59 Å². The van der Waals surface area contributed by atoms with Gasteiger partial charge >= 0.3 is 0 Å². The highest BCUT2D eigenvalue weighted by Crippen LogP contribution is 2.28. The highest BCUT2D eigenvalue weighted by Gasteiger charge is 2.23. The molecular weight excluding hydrogens is 463 g/mol. The van der Waals surface area contributed by atoms with Crippen molar-refractivity contribution in [1.29, 1.82) is 0 Å². The number of hydrogen-bond donors (Lipinski definition) is 1. The number of imidazole rings is 1. The summed E-state index contributed by atoms with van der Waals surface area (Å²) in [6.07, 6.45) is 3.69. The lowest BCUT2D eigenvalue weighted by molar-refractivity contribution is -0.133. The first kappa shape index (κ1) is 25.0. The largest absolute Gasteiger partial charge is 0.341 e. The van der Waals surface area contributed by atoms with Gasteiger partial charge in [-0.05, 0) is 73.6 Å². The minimum atomic E-state index is -0.323. The van der Waals surface area contributed by atoms with Crippen molar-refractivity contribution in [2.75, 3.05) is 24.2 Å². The van der Waals surface area contributed by atoms with Gasteiger partial charge in [0.25, 0.3) is 0 Å². The zero-order valence-corrected chi connectivity index (χ0v) is 21.2. The van der Waals surface area contributed by atoms with Crippen LogP contribution in [0.1, 0.15) is 30.9 Å². The maximum Gasteiger partial charge on any atom is 0.242 e. The molecule has 0 bridgehead atoms. The molecule has 0 unspecified atom stereocenters. The van der Waals surface area contributed by atoms with Crippen LogP contribution < -0.4 is 5.32 Å². The van der Waals surface area contributed by atoms with E-state index in [1.165, 1.54) is 23.9 Å². The molecule has 1 fully saturated rings. The number of carbonyl (C=O) groups is 2. The number of carbonyl (C=O) groups excluding carboxylic acids is 2. The molecule has 0 spiro atoms. The van der Waals surface area contributed by atoms with Gasteiger partial charge in [0.05, 0.1) is 17.6 Å². The number of rotatable bonds is 7. The Kier molecular flexibility index (Phi) is 7.90. The number of anilines is 1. The van der Waals surface area contributed by atoms with Gasteiger partial charge in [0.1, 0.15) is 12.4 Å². The fourth-order valence-electron chi connectivity index (χ4n) is 4.29. The third kappa shape index (κ3) is 6.11. The Morgan fingerprint density at radius 1 is 1.09 bits per heavy atom. The Hall–Kier alpha value is -3.13. The first-order valence-corrected chi connectivity index (χ1v) is 12.9. The number of aryl methyl sites for hydroxylation is 2. The average Bonchev–Trinajstić information content (AvgIpc) is 3.23. The molecule has 2 amide bonds. The first-order chi connectivity index (χ1) is 16.8. The smallest absolute Gasteiger partial charge is 0.242 e. The van der Waals surface area contributed by atoms with E-state index in [1.807, 2.05) is 41.5 Å². The van der Waals surface area contributed by atoms with E-state index in [9.17, 15) is 14.0 Å². The second kappa shape index (κ2) is 11.1. The van der Waals surface area contributed by atoms with Crippen LogP contribution in [-0.2, 0) is 16.1 Å². The molecule has 0 radical (unpaired) electrons. The topological polar surface area (TPSA) is 67.2 Å². The lowest BCUT2D eigenvalue weighted by Crippen LogP contribution is -2.39. The number of nitrogens with one attached hydrogen (secondary N) is 1. The van der Waals surface area contributed by atoms with Gasteiger partial charge in [-0.1, -0.05) is 36.9 Å². The Morgan fingerprint density at radius 2 is 1.74 bits per heavy atom. The number of benzene rings is 2. The number of likely N-dealkylation sites (tertiary alicyclic amines) is 1. The van der Waals surface area contributed by atoms with Crippen molar-refractivity contribution in [2.24, 2.45) is 5.92 Å². The van der Waals surface area contributed by atoms with Crippen LogP contribution in [0.2, 0.25) is 0 Å². The van der Waals surface area contributed by atoms with E-state index in [0.717, 1.165) is 54.0 Å². The maximum absolute atomic E-state index is 13.5. The molecule has 0 aliphatic carbocycles. The third-order valence-electron chi connectivity index (χ3n) is 6.47. The molecule has 2 heterocycles. The molecular formula is C27H31FN4O2S. The summed E-state index contributed by atoms with van der Waals surface area (Å²) < 4.78 is 15.3. The second-order valence-corrected chi connectivity index (χ2v) is 10.1. The van der Waals surface area contributed by atoms with Crippen molar-refractivity contribution < 1.29 is 14.0 Å². The number of nitrogens with zero attached hydrogens (tertiary/aromatic N) is 3. The van der Waals surface area contributed by atoms with Crippen molar-refractivity contribution in [3.63, 3.8) is 0 Å². The molecule has 8 heteroatoms. The Morgan fingerprint density at radius 3 is 2.40 bits per heavy atom. The van der Waals surface area contributed by atoms with E-state index in [2.05, 4.69) is 17.2 Å². The summed E-state index contributed by atoms with van der Waals surface area (Å²) in [6, 6.07) is 12.0. The summed E-state index contributed by atoms with van der Waals surface area (Å²) in [4.78, 5) is 32.3. The molecule has 0 atom stereocenters. The van der Waals surface area contributed by atoms with Gasteiger partial charge in [-0.15, -0.1) is 0 Å². The van der Waals surface area contributed by atoms with E-state index in [1.54, 1.807) is 18.3 Å². The van der Waals surface area contributed by atoms with Crippen LogP contribution in [0.15, 0.2) is 53.8 Å². The zero-order chi connectivity index (χ0) is 24.9. The third-order valence-corrected chi connectivity index (χ3v) is 7.46. The van der Waals surface area contributed by atoms with Gasteiger partial charge in [0, 0.05) is 18.8 Å². The summed E-state index contributed by atoms with van der Waals surface area (Å²) in [5, 5.41) is 3.58. The lowest BCUT2D eigenvalue weighted by atomic mass is 9.99. The zero-order valence-electron chi connectivity index (χ0n) is 20.4. The van der Waals surface area contributed by atoms with Crippen LogP contribution in [0, 0.1) is 25.6 Å². The highest BCUT2D eigenvalue weighted by atomic mass is 32.2. The van der Waals surface area contributed by atoms with Gasteiger partial charge in [-0.25, -0.2) is 9.37 Å². The van der Waals surface area contributed by atoms with Crippen LogP contribution in [-0.4, -0.2) is 45.1 Å². The summed E-state index contributed by atoms with van der Waals surface area (Å²) >= 11 is 1.29. The van der Waals surface area contributed by atoms with E-state index in [0.29, 0.717) is 11.1 Å². The van der Waals surface area contributed by atoms with Gasteiger partial charge in [-0.2, -0.15) is 0 Å². The number of amides is 2. The number of hydrogen-bond acceptors (Lipinski definition) is 4. The molecule has 1 N–H and O–H groups in total. The number of aromatic nitrogens is 2. The van der Waals surface area contributed by atoms with Crippen molar-refractivity contribution in [2.45, 2.75) is 45.3 Å². The molecule has 2 aromatic carbocycles.